The number of carbonyl (C=O) groups excluding carboxylic acids is 1. The summed E-state index contributed by atoms with van der Waals surface area (Å²) in [4.78, 5) is 13.3. The zero-order chi connectivity index (χ0) is 23.1. The van der Waals surface area contributed by atoms with E-state index < -0.39 is 21.7 Å². The highest BCUT2D eigenvalue weighted by Crippen LogP contribution is 2.40. The zero-order valence-electron chi connectivity index (χ0n) is 19.3. The van der Waals surface area contributed by atoms with Gasteiger partial charge in [-0.25, -0.2) is 8.42 Å². The minimum absolute atomic E-state index is 0.269. The SMILES string of the molecule is Cc1ccc2c(c1)C(NC(=O)C(C)N(c1ccc(C)c(C)c1)S(C)(=O)=O)CC(C)(C)O2. The first-order chi connectivity index (χ1) is 14.3. The van der Waals surface area contributed by atoms with Gasteiger partial charge >= 0.3 is 0 Å². The van der Waals surface area contributed by atoms with Crippen LogP contribution in [0.3, 0.4) is 0 Å². The number of sulfonamides is 1. The minimum Gasteiger partial charge on any atom is -0.487 e. The van der Waals surface area contributed by atoms with Gasteiger partial charge in [0, 0.05) is 12.0 Å². The van der Waals surface area contributed by atoms with Crippen LogP contribution in [0.25, 0.3) is 0 Å². The summed E-state index contributed by atoms with van der Waals surface area (Å²) in [6.07, 6.45) is 1.71. The van der Waals surface area contributed by atoms with Gasteiger partial charge in [0.15, 0.2) is 0 Å². The van der Waals surface area contributed by atoms with Crippen LogP contribution < -0.4 is 14.4 Å². The molecule has 31 heavy (non-hydrogen) atoms. The first-order valence-electron chi connectivity index (χ1n) is 10.4. The van der Waals surface area contributed by atoms with E-state index in [9.17, 15) is 13.2 Å². The van der Waals surface area contributed by atoms with Crippen molar-refractivity contribution in [2.24, 2.45) is 0 Å². The Morgan fingerprint density at radius 1 is 1.13 bits per heavy atom. The van der Waals surface area contributed by atoms with Crippen molar-refractivity contribution in [1.82, 2.24) is 5.32 Å². The van der Waals surface area contributed by atoms with Gasteiger partial charge < -0.3 is 10.1 Å². The van der Waals surface area contributed by atoms with E-state index in [4.69, 9.17) is 4.74 Å². The average Bonchev–Trinajstić information content (AvgIpc) is 2.63. The Kier molecular flexibility index (Phi) is 6.11. The molecule has 7 heteroatoms. The predicted molar refractivity (Wildman–Crippen MR) is 124 cm³/mol. The van der Waals surface area contributed by atoms with Crippen LogP contribution in [0.15, 0.2) is 36.4 Å². The average molecular weight is 445 g/mol. The van der Waals surface area contributed by atoms with Gasteiger partial charge in [0.2, 0.25) is 15.9 Å². The first kappa shape index (κ1) is 23.1. The quantitative estimate of drug-likeness (QED) is 0.750. The molecule has 1 amide bonds. The summed E-state index contributed by atoms with van der Waals surface area (Å²) < 4.78 is 32.6. The molecule has 1 aliphatic heterocycles. The molecular formula is C24H32N2O4S. The van der Waals surface area contributed by atoms with Crippen molar-refractivity contribution in [3.63, 3.8) is 0 Å². The Morgan fingerprint density at radius 2 is 1.81 bits per heavy atom. The van der Waals surface area contributed by atoms with E-state index in [-0.39, 0.29) is 11.9 Å². The third-order valence-corrected chi connectivity index (χ3v) is 7.01. The number of ether oxygens (including phenoxy) is 1. The maximum Gasteiger partial charge on any atom is 0.244 e. The molecule has 0 saturated heterocycles. The highest BCUT2D eigenvalue weighted by molar-refractivity contribution is 7.92. The number of benzene rings is 2. The molecule has 2 aromatic rings. The van der Waals surface area contributed by atoms with Gasteiger partial charge in [0.1, 0.15) is 17.4 Å². The zero-order valence-corrected chi connectivity index (χ0v) is 20.1. The molecule has 168 valence electrons. The Morgan fingerprint density at radius 3 is 2.42 bits per heavy atom. The fourth-order valence-electron chi connectivity index (χ4n) is 4.07. The van der Waals surface area contributed by atoms with Crippen LogP contribution in [-0.2, 0) is 14.8 Å². The summed E-state index contributed by atoms with van der Waals surface area (Å²) >= 11 is 0. The third kappa shape index (κ3) is 5.03. The molecule has 3 rings (SSSR count). The van der Waals surface area contributed by atoms with Crippen molar-refractivity contribution in [2.45, 2.75) is 65.6 Å². The van der Waals surface area contributed by atoms with E-state index >= 15 is 0 Å². The van der Waals surface area contributed by atoms with Crippen molar-refractivity contribution in [3.8, 4) is 5.75 Å². The molecule has 0 aromatic heterocycles. The smallest absolute Gasteiger partial charge is 0.244 e. The summed E-state index contributed by atoms with van der Waals surface area (Å²) in [5.41, 5.74) is 4.05. The lowest BCUT2D eigenvalue weighted by Gasteiger charge is -2.39. The van der Waals surface area contributed by atoms with Gasteiger partial charge in [0.05, 0.1) is 18.0 Å². The van der Waals surface area contributed by atoms with Crippen molar-refractivity contribution < 1.29 is 17.9 Å². The molecule has 1 aliphatic rings. The Bertz CT molecular complexity index is 1110. The number of fused-ring (bicyclic) bond motifs is 1. The molecule has 0 saturated carbocycles. The molecule has 0 fully saturated rings. The molecule has 2 aromatic carbocycles. The summed E-state index contributed by atoms with van der Waals surface area (Å²) in [7, 11) is -3.67. The first-order valence-corrected chi connectivity index (χ1v) is 12.3. The second-order valence-corrected chi connectivity index (χ2v) is 11.0. The molecule has 0 aliphatic carbocycles. The van der Waals surface area contributed by atoms with Crippen LogP contribution in [0.5, 0.6) is 5.75 Å². The molecule has 1 N–H and O–H groups in total. The fraction of sp³-hybridized carbons (Fsp3) is 0.458. The van der Waals surface area contributed by atoms with Gasteiger partial charge in [-0.1, -0.05) is 23.8 Å². The summed E-state index contributed by atoms with van der Waals surface area (Å²) in [5, 5.41) is 3.08. The van der Waals surface area contributed by atoms with E-state index in [0.717, 1.165) is 34.3 Å². The predicted octanol–water partition coefficient (Wildman–Crippen LogP) is 4.18. The van der Waals surface area contributed by atoms with Gasteiger partial charge in [0.25, 0.3) is 0 Å². The monoisotopic (exact) mass is 444 g/mol. The van der Waals surface area contributed by atoms with Crippen LogP contribution in [0.2, 0.25) is 0 Å². The standard InChI is InChI=1S/C24H32N2O4S/c1-15-8-11-22-20(12-15)21(14-24(5,6)30-22)25-23(27)18(4)26(31(7,28)29)19-10-9-16(2)17(3)13-19/h8-13,18,21H,14H2,1-7H3,(H,25,27). The van der Waals surface area contributed by atoms with Crippen LogP contribution in [0.4, 0.5) is 5.69 Å². The Hall–Kier alpha value is -2.54. The van der Waals surface area contributed by atoms with Gasteiger partial charge in [-0.2, -0.15) is 0 Å². The van der Waals surface area contributed by atoms with Gasteiger partial charge in [-0.15, -0.1) is 0 Å². The van der Waals surface area contributed by atoms with Crippen molar-refractivity contribution in [1.29, 1.82) is 0 Å². The number of nitrogens with zero attached hydrogens (tertiary/aromatic N) is 1. The van der Waals surface area contributed by atoms with E-state index in [1.807, 2.05) is 58.9 Å². The molecule has 0 radical (unpaired) electrons. The van der Waals surface area contributed by atoms with Crippen molar-refractivity contribution in [2.75, 3.05) is 10.6 Å². The normalized spacial score (nSPS) is 18.5. The lowest BCUT2D eigenvalue weighted by molar-refractivity contribution is -0.123. The minimum atomic E-state index is -3.67. The maximum atomic E-state index is 13.3. The summed E-state index contributed by atoms with van der Waals surface area (Å²) in [6.45, 7) is 11.5. The summed E-state index contributed by atoms with van der Waals surface area (Å²) in [6, 6.07) is 10.1. The lowest BCUT2D eigenvalue weighted by Crippen LogP contribution is -2.50. The number of carbonyl (C=O) groups is 1. The molecule has 0 bridgehead atoms. The number of hydrogen-bond donors (Lipinski definition) is 1. The Balaban J connectivity index is 1.92. The molecular weight excluding hydrogens is 412 g/mol. The molecule has 6 nitrogen and oxygen atoms in total. The second kappa shape index (κ2) is 8.19. The molecule has 2 atom stereocenters. The number of aryl methyl sites for hydroxylation is 3. The number of rotatable bonds is 5. The summed E-state index contributed by atoms with van der Waals surface area (Å²) in [5.74, 6) is 0.396. The molecule has 0 spiro atoms. The van der Waals surface area contributed by atoms with Crippen molar-refractivity contribution in [3.05, 3.63) is 58.7 Å². The van der Waals surface area contributed by atoms with Gasteiger partial charge in [-0.05, 0) is 70.9 Å². The largest absolute Gasteiger partial charge is 0.487 e. The van der Waals surface area contributed by atoms with Crippen LogP contribution in [0.1, 0.15) is 55.5 Å². The number of hydrogen-bond acceptors (Lipinski definition) is 4. The third-order valence-electron chi connectivity index (χ3n) is 5.77. The van der Waals surface area contributed by atoms with E-state index in [2.05, 4.69) is 5.32 Å². The van der Waals surface area contributed by atoms with Crippen molar-refractivity contribution >= 4 is 21.6 Å². The van der Waals surface area contributed by atoms with E-state index in [0.29, 0.717) is 12.1 Å². The van der Waals surface area contributed by atoms with E-state index in [1.165, 1.54) is 4.31 Å². The van der Waals surface area contributed by atoms with Crippen LogP contribution >= 0.6 is 0 Å². The van der Waals surface area contributed by atoms with E-state index in [1.54, 1.807) is 19.1 Å². The van der Waals surface area contributed by atoms with Crippen LogP contribution in [-0.4, -0.2) is 32.2 Å². The highest BCUT2D eigenvalue weighted by atomic mass is 32.2. The number of nitrogens with one attached hydrogen (secondary N) is 1. The molecule has 1 heterocycles. The highest BCUT2D eigenvalue weighted by Gasteiger charge is 2.37. The fourth-order valence-corrected chi connectivity index (χ4v) is 5.23. The number of amides is 1. The Labute approximate surface area is 185 Å². The van der Waals surface area contributed by atoms with Crippen LogP contribution in [0, 0.1) is 20.8 Å². The number of anilines is 1. The topological polar surface area (TPSA) is 75.7 Å². The van der Waals surface area contributed by atoms with Gasteiger partial charge in [-0.3, -0.25) is 9.10 Å². The molecule has 2 unspecified atom stereocenters. The second-order valence-electron chi connectivity index (χ2n) is 9.17. The maximum absolute atomic E-state index is 13.3. The lowest BCUT2D eigenvalue weighted by atomic mass is 9.89.